The molecule has 0 fully saturated rings. The van der Waals surface area contributed by atoms with E-state index in [4.69, 9.17) is 18.9 Å². The van der Waals surface area contributed by atoms with Gasteiger partial charge in [0.2, 0.25) is 0 Å². The first kappa shape index (κ1) is 21.2. The first-order valence-electron chi connectivity index (χ1n) is 8.46. The predicted octanol–water partition coefficient (Wildman–Crippen LogP) is 2.37. The summed E-state index contributed by atoms with van der Waals surface area (Å²) < 4.78 is 20.9. The standard InChI is InChI=1S/C18H29NO6/c1-6-24-18(21)15(12(2)3)16(20)13-10-14(17(23-5)19-11-13)25-9-7-8-22-4/h10-12,15-16,20H,6-9H2,1-5H3. The van der Waals surface area contributed by atoms with Gasteiger partial charge in [0.25, 0.3) is 5.88 Å². The van der Waals surface area contributed by atoms with Gasteiger partial charge in [-0.1, -0.05) is 13.8 Å². The maximum atomic E-state index is 12.2. The third kappa shape index (κ3) is 6.17. The first-order chi connectivity index (χ1) is 12.0. The van der Waals surface area contributed by atoms with Crippen LogP contribution < -0.4 is 9.47 Å². The van der Waals surface area contributed by atoms with E-state index in [1.807, 2.05) is 13.8 Å². The van der Waals surface area contributed by atoms with E-state index in [1.165, 1.54) is 13.3 Å². The maximum Gasteiger partial charge on any atom is 0.312 e. The molecule has 0 radical (unpaired) electrons. The molecule has 1 aromatic rings. The molecule has 0 bridgehead atoms. The number of hydrogen-bond acceptors (Lipinski definition) is 7. The van der Waals surface area contributed by atoms with Gasteiger partial charge in [-0.25, -0.2) is 4.98 Å². The van der Waals surface area contributed by atoms with Crippen LogP contribution in [0.15, 0.2) is 12.3 Å². The molecule has 2 atom stereocenters. The van der Waals surface area contributed by atoms with Gasteiger partial charge in [-0.15, -0.1) is 0 Å². The Balaban J connectivity index is 2.99. The average molecular weight is 355 g/mol. The summed E-state index contributed by atoms with van der Waals surface area (Å²) in [6.07, 6.45) is 1.16. The van der Waals surface area contributed by atoms with Gasteiger partial charge in [0.05, 0.1) is 32.3 Å². The molecule has 0 saturated carbocycles. The molecule has 0 amide bonds. The number of aliphatic hydroxyl groups excluding tert-OH is 1. The Hall–Kier alpha value is -1.86. The summed E-state index contributed by atoms with van der Waals surface area (Å²) in [6, 6.07) is 1.65. The van der Waals surface area contributed by atoms with Gasteiger partial charge in [0, 0.05) is 31.9 Å². The topological polar surface area (TPSA) is 87.1 Å². The second-order valence-corrected chi connectivity index (χ2v) is 5.94. The molecule has 0 aliphatic carbocycles. The molecule has 0 aliphatic rings. The Labute approximate surface area is 149 Å². The quantitative estimate of drug-likeness (QED) is 0.482. The molecule has 2 unspecified atom stereocenters. The molecule has 1 heterocycles. The van der Waals surface area contributed by atoms with Gasteiger partial charge < -0.3 is 24.1 Å². The molecule has 142 valence electrons. The monoisotopic (exact) mass is 355 g/mol. The third-order valence-electron chi connectivity index (χ3n) is 3.74. The molecular formula is C18H29NO6. The number of carbonyl (C=O) groups is 1. The summed E-state index contributed by atoms with van der Waals surface area (Å²) in [5.41, 5.74) is 0.481. The number of hydrogen-bond donors (Lipinski definition) is 1. The lowest BCUT2D eigenvalue weighted by Crippen LogP contribution is -2.29. The molecule has 1 N–H and O–H groups in total. The lowest BCUT2D eigenvalue weighted by atomic mass is 9.87. The van der Waals surface area contributed by atoms with Gasteiger partial charge >= 0.3 is 5.97 Å². The third-order valence-corrected chi connectivity index (χ3v) is 3.74. The van der Waals surface area contributed by atoms with E-state index >= 15 is 0 Å². The zero-order valence-electron chi connectivity index (χ0n) is 15.7. The van der Waals surface area contributed by atoms with Crippen LogP contribution in [-0.4, -0.2) is 50.1 Å². The van der Waals surface area contributed by atoms with Crippen molar-refractivity contribution < 1.29 is 28.8 Å². The van der Waals surface area contributed by atoms with E-state index in [-0.39, 0.29) is 12.5 Å². The average Bonchev–Trinajstić information content (AvgIpc) is 2.58. The number of ether oxygens (including phenoxy) is 4. The van der Waals surface area contributed by atoms with Crippen LogP contribution in [0.4, 0.5) is 0 Å². The molecule has 25 heavy (non-hydrogen) atoms. The molecule has 0 aromatic carbocycles. The maximum absolute atomic E-state index is 12.2. The van der Waals surface area contributed by atoms with Crippen LogP contribution in [0.1, 0.15) is 38.9 Å². The van der Waals surface area contributed by atoms with Crippen molar-refractivity contribution >= 4 is 5.97 Å². The second kappa shape index (κ2) is 10.9. The zero-order chi connectivity index (χ0) is 18.8. The fourth-order valence-corrected chi connectivity index (χ4v) is 2.46. The zero-order valence-corrected chi connectivity index (χ0v) is 15.7. The minimum atomic E-state index is -1.04. The van der Waals surface area contributed by atoms with Gasteiger partial charge in [0.15, 0.2) is 5.75 Å². The highest BCUT2D eigenvalue weighted by Gasteiger charge is 2.33. The van der Waals surface area contributed by atoms with E-state index in [0.29, 0.717) is 36.8 Å². The Morgan fingerprint density at radius 2 is 2.00 bits per heavy atom. The van der Waals surface area contributed by atoms with Gasteiger partial charge in [-0.05, 0) is 18.9 Å². The molecule has 1 rings (SSSR count). The number of esters is 1. The van der Waals surface area contributed by atoms with Crippen molar-refractivity contribution in [2.75, 3.05) is 34.0 Å². The summed E-state index contributed by atoms with van der Waals surface area (Å²) in [5.74, 6) is -0.464. The number of methoxy groups -OCH3 is 2. The Morgan fingerprint density at radius 1 is 1.28 bits per heavy atom. The van der Waals surface area contributed by atoms with Crippen LogP contribution in [0.3, 0.4) is 0 Å². The van der Waals surface area contributed by atoms with Crippen LogP contribution in [0.5, 0.6) is 11.6 Å². The molecule has 0 saturated heterocycles. The number of nitrogens with zero attached hydrogens (tertiary/aromatic N) is 1. The van der Waals surface area contributed by atoms with Gasteiger partial charge in [-0.2, -0.15) is 0 Å². The van der Waals surface area contributed by atoms with Crippen molar-refractivity contribution in [1.82, 2.24) is 4.98 Å². The van der Waals surface area contributed by atoms with Crippen LogP contribution in [-0.2, 0) is 14.3 Å². The highest BCUT2D eigenvalue weighted by molar-refractivity contribution is 5.73. The summed E-state index contributed by atoms with van der Waals surface area (Å²) >= 11 is 0. The molecular weight excluding hydrogens is 326 g/mol. The lowest BCUT2D eigenvalue weighted by Gasteiger charge is -2.25. The summed E-state index contributed by atoms with van der Waals surface area (Å²) in [7, 11) is 3.12. The van der Waals surface area contributed by atoms with E-state index < -0.39 is 18.0 Å². The van der Waals surface area contributed by atoms with E-state index in [0.717, 1.165) is 0 Å². The number of aliphatic hydroxyl groups is 1. The van der Waals surface area contributed by atoms with E-state index in [1.54, 1.807) is 20.1 Å². The SMILES string of the molecule is CCOC(=O)C(C(C)C)C(O)c1cnc(OC)c(OCCCOC)c1. The fourth-order valence-electron chi connectivity index (χ4n) is 2.46. The molecule has 7 nitrogen and oxygen atoms in total. The Morgan fingerprint density at radius 3 is 2.56 bits per heavy atom. The van der Waals surface area contributed by atoms with Gasteiger partial charge in [-0.3, -0.25) is 4.79 Å². The second-order valence-electron chi connectivity index (χ2n) is 5.94. The number of rotatable bonds is 11. The number of aromatic nitrogens is 1. The largest absolute Gasteiger partial charge is 0.488 e. The van der Waals surface area contributed by atoms with Crippen molar-refractivity contribution in [3.63, 3.8) is 0 Å². The van der Waals surface area contributed by atoms with Crippen molar-refractivity contribution in [1.29, 1.82) is 0 Å². The smallest absolute Gasteiger partial charge is 0.312 e. The van der Waals surface area contributed by atoms with Crippen molar-refractivity contribution in [3.8, 4) is 11.6 Å². The number of carbonyl (C=O) groups excluding carboxylic acids is 1. The Bertz CT molecular complexity index is 534. The lowest BCUT2D eigenvalue weighted by molar-refractivity contribution is -0.154. The first-order valence-corrected chi connectivity index (χ1v) is 8.46. The van der Waals surface area contributed by atoms with Crippen LogP contribution in [0.2, 0.25) is 0 Å². The number of pyridine rings is 1. The highest BCUT2D eigenvalue weighted by Crippen LogP contribution is 2.33. The highest BCUT2D eigenvalue weighted by atomic mass is 16.5. The van der Waals surface area contributed by atoms with E-state index in [9.17, 15) is 9.90 Å². The van der Waals surface area contributed by atoms with Crippen molar-refractivity contribution in [3.05, 3.63) is 17.8 Å². The van der Waals surface area contributed by atoms with Gasteiger partial charge in [0.1, 0.15) is 0 Å². The molecule has 1 aromatic heterocycles. The fraction of sp³-hybridized carbons (Fsp3) is 0.667. The summed E-state index contributed by atoms with van der Waals surface area (Å²) in [5, 5.41) is 10.7. The summed E-state index contributed by atoms with van der Waals surface area (Å²) in [6.45, 7) is 6.74. The van der Waals surface area contributed by atoms with Crippen LogP contribution >= 0.6 is 0 Å². The minimum Gasteiger partial charge on any atom is -0.488 e. The molecule has 7 heteroatoms. The molecule has 0 spiro atoms. The normalized spacial score (nSPS) is 13.4. The predicted molar refractivity (Wildman–Crippen MR) is 92.7 cm³/mol. The van der Waals surface area contributed by atoms with E-state index in [2.05, 4.69) is 4.98 Å². The van der Waals surface area contributed by atoms with Crippen LogP contribution in [0, 0.1) is 11.8 Å². The van der Waals surface area contributed by atoms with Crippen molar-refractivity contribution in [2.24, 2.45) is 11.8 Å². The van der Waals surface area contributed by atoms with Crippen LogP contribution in [0.25, 0.3) is 0 Å². The Kier molecular flexibility index (Phi) is 9.23. The van der Waals surface area contributed by atoms with Crippen molar-refractivity contribution in [2.45, 2.75) is 33.3 Å². The minimum absolute atomic E-state index is 0.0952. The summed E-state index contributed by atoms with van der Waals surface area (Å²) in [4.78, 5) is 16.4. The molecule has 0 aliphatic heterocycles.